The Kier molecular flexibility index (Phi) is 34.4. The normalized spacial score (nSPS) is 17.1. The minimum atomic E-state index is -1.92. The predicted octanol–water partition coefficient (Wildman–Crippen LogP) is 11.8. The molecule has 1 unspecified atom stereocenters. The van der Waals surface area contributed by atoms with E-state index in [4.69, 9.17) is 80.1 Å². The van der Waals surface area contributed by atoms with Crippen LogP contribution in [0.3, 0.4) is 0 Å². The highest BCUT2D eigenvalue weighted by Gasteiger charge is 2.53. The van der Waals surface area contributed by atoms with Crippen molar-refractivity contribution in [1.29, 1.82) is 5.26 Å². The van der Waals surface area contributed by atoms with Crippen molar-refractivity contribution in [3.8, 4) is 23.3 Å². The third-order valence-corrected chi connectivity index (χ3v) is 16.8. The first-order valence-corrected chi connectivity index (χ1v) is 32.9. The monoisotopic (exact) mass is 1290 g/mol. The van der Waals surface area contributed by atoms with Gasteiger partial charge in [-0.25, -0.2) is 4.67 Å². The fraction of sp³-hybridized carbons (Fsp3) is 0.486. The molecule has 0 saturated carbocycles. The van der Waals surface area contributed by atoms with Crippen LogP contribution in [0.5, 0.6) is 17.2 Å². The van der Waals surface area contributed by atoms with Crippen molar-refractivity contribution in [1.82, 2.24) is 4.67 Å². The number of hydrogen-bond acceptors (Lipinski definition) is 19. The van der Waals surface area contributed by atoms with Crippen LogP contribution < -0.4 is 14.2 Å². The van der Waals surface area contributed by atoms with Crippen LogP contribution in [0, 0.1) is 11.3 Å². The summed E-state index contributed by atoms with van der Waals surface area (Å²) < 4.78 is 110. The molecule has 7 rings (SSSR count). The Hall–Kier alpha value is -5.96. The highest BCUT2D eigenvalue weighted by molar-refractivity contribution is 7.44. The van der Waals surface area contributed by atoms with Crippen LogP contribution in [-0.2, 0) is 84.7 Å². The molecular formula is C72H95N2O17P. The number of nitriles is 1. The smallest absolute Gasteiger partial charge is 0.259 e. The average Bonchev–Trinajstić information content (AvgIpc) is 0.786. The van der Waals surface area contributed by atoms with E-state index in [1.165, 1.54) is 0 Å². The highest BCUT2D eigenvalue weighted by atomic mass is 31.2. The van der Waals surface area contributed by atoms with Gasteiger partial charge in [-0.1, -0.05) is 133 Å². The van der Waals surface area contributed by atoms with Crippen molar-refractivity contribution in [3.05, 3.63) is 198 Å². The van der Waals surface area contributed by atoms with Crippen LogP contribution in [0.4, 0.5) is 0 Å². The third-order valence-electron chi connectivity index (χ3n) is 14.6. The fourth-order valence-electron chi connectivity index (χ4n) is 10.2. The summed E-state index contributed by atoms with van der Waals surface area (Å²) in [5, 5.41) is 9.81. The van der Waals surface area contributed by atoms with E-state index in [2.05, 4.69) is 38.4 Å². The second-order valence-electron chi connectivity index (χ2n) is 21.8. The molecule has 6 atom stereocenters. The van der Waals surface area contributed by atoms with E-state index in [1.807, 2.05) is 170 Å². The molecule has 1 aliphatic rings. The Bertz CT molecular complexity index is 2810. The van der Waals surface area contributed by atoms with Gasteiger partial charge in [0.05, 0.1) is 159 Å². The first-order chi connectivity index (χ1) is 45.2. The number of nitrogens with zero attached hydrogens (tertiary/aromatic N) is 2. The number of para-hydroxylation sites is 1. The SMILES string of the molecule is COc1ccc(C(OC[C@H]2O[C@@H](Oc3ccccc3)[C@H](OCCOCCOCCOCCOCc3ccccc3)[C@@H](OCCOCCOCCOCCOCc3ccccc3)[C@@H]2OP(OCCC#N)N(C(C)C)C(C)C)(c2ccccc2)c2ccc(OC)cc2)cc1. The molecule has 0 aliphatic carbocycles. The number of hydrogen-bond donors (Lipinski definition) is 0. The van der Waals surface area contributed by atoms with E-state index in [1.54, 1.807) is 14.2 Å². The van der Waals surface area contributed by atoms with Gasteiger partial charge in [0.15, 0.2) is 0 Å². The van der Waals surface area contributed by atoms with Gasteiger partial charge in [-0.05, 0) is 91.9 Å². The molecule has 1 fully saturated rings. The average molecular weight is 1290 g/mol. The quantitative estimate of drug-likeness (QED) is 0.0199. The molecule has 0 radical (unpaired) electrons. The van der Waals surface area contributed by atoms with Crippen LogP contribution in [-0.4, -0.2) is 181 Å². The fourth-order valence-corrected chi connectivity index (χ4v) is 12.0. The van der Waals surface area contributed by atoms with E-state index in [9.17, 15) is 5.26 Å². The van der Waals surface area contributed by atoms with E-state index < -0.39 is 44.8 Å². The molecule has 6 aromatic carbocycles. The Balaban J connectivity index is 1.13. The number of rotatable bonds is 48. The molecular weight excluding hydrogens is 1200 g/mol. The highest BCUT2D eigenvalue weighted by Crippen LogP contribution is 2.50. The molecule has 92 heavy (non-hydrogen) atoms. The van der Waals surface area contributed by atoms with E-state index in [-0.39, 0.29) is 58.1 Å². The van der Waals surface area contributed by atoms with E-state index >= 15 is 0 Å². The summed E-state index contributed by atoms with van der Waals surface area (Å²) >= 11 is 0. The maximum Gasteiger partial charge on any atom is 0.259 e. The first-order valence-electron chi connectivity index (χ1n) is 31.8. The number of benzene rings is 6. The topological polar surface area (TPSA) is 184 Å². The van der Waals surface area contributed by atoms with Gasteiger partial charge in [0, 0.05) is 12.1 Å². The summed E-state index contributed by atoms with van der Waals surface area (Å²) in [5.74, 6) is 1.90. The van der Waals surface area contributed by atoms with Gasteiger partial charge in [0.2, 0.25) is 6.29 Å². The molecule has 1 aliphatic heterocycles. The summed E-state index contributed by atoms with van der Waals surface area (Å²) in [6.45, 7) is 14.9. The Labute approximate surface area is 546 Å². The summed E-state index contributed by atoms with van der Waals surface area (Å²) in [7, 11) is 1.36. The number of methoxy groups -OCH3 is 2. The molecule has 0 aromatic heterocycles. The Morgan fingerprint density at radius 3 is 1.26 bits per heavy atom. The van der Waals surface area contributed by atoms with Crippen LogP contribution in [0.15, 0.2) is 170 Å². The lowest BCUT2D eigenvalue weighted by Gasteiger charge is -2.48. The van der Waals surface area contributed by atoms with Gasteiger partial charge in [-0.3, -0.25) is 0 Å². The zero-order valence-electron chi connectivity index (χ0n) is 54.3. The Morgan fingerprint density at radius 2 is 0.837 bits per heavy atom. The molecule has 1 heterocycles. The zero-order valence-corrected chi connectivity index (χ0v) is 55.2. The van der Waals surface area contributed by atoms with E-state index in [0.29, 0.717) is 110 Å². The summed E-state index contributed by atoms with van der Waals surface area (Å²) in [6.07, 6.45) is -4.73. The first kappa shape index (κ1) is 73.5. The maximum absolute atomic E-state index is 9.81. The lowest BCUT2D eigenvalue weighted by Crippen LogP contribution is -2.63. The van der Waals surface area contributed by atoms with Crippen molar-refractivity contribution in [2.45, 2.75) is 95.7 Å². The molecule has 0 spiro atoms. The van der Waals surface area contributed by atoms with E-state index in [0.717, 1.165) is 27.8 Å². The Morgan fingerprint density at radius 1 is 0.446 bits per heavy atom. The van der Waals surface area contributed by atoms with Crippen molar-refractivity contribution in [2.24, 2.45) is 0 Å². The van der Waals surface area contributed by atoms with Crippen molar-refractivity contribution in [3.63, 3.8) is 0 Å². The zero-order chi connectivity index (χ0) is 64.7. The van der Waals surface area contributed by atoms with Gasteiger partial charge in [-0.2, -0.15) is 5.26 Å². The van der Waals surface area contributed by atoms with Crippen LogP contribution in [0.2, 0.25) is 0 Å². The summed E-state index contributed by atoms with van der Waals surface area (Å²) in [6, 6.07) is 57.4. The molecule has 20 heteroatoms. The van der Waals surface area contributed by atoms with Crippen molar-refractivity contribution >= 4 is 8.53 Å². The lowest BCUT2D eigenvalue weighted by molar-refractivity contribution is -0.298. The van der Waals surface area contributed by atoms with Crippen molar-refractivity contribution < 1.29 is 80.1 Å². The minimum Gasteiger partial charge on any atom is -0.497 e. The second kappa shape index (κ2) is 43.1. The third kappa shape index (κ3) is 24.7. The minimum absolute atomic E-state index is 0.0431. The molecule has 0 N–H and O–H groups in total. The number of ether oxygens (including phenoxy) is 15. The molecule has 0 amide bonds. The van der Waals surface area contributed by atoms with Gasteiger partial charge < -0.3 is 80.1 Å². The molecule has 6 aromatic rings. The van der Waals surface area contributed by atoms with Crippen LogP contribution in [0.1, 0.15) is 61.9 Å². The van der Waals surface area contributed by atoms with Gasteiger partial charge in [0.1, 0.15) is 47.3 Å². The second-order valence-corrected chi connectivity index (χ2v) is 23.2. The standard InChI is InChI=1S/C72H95N2O17P/c1-57(2)74(58(3)4)92(88-37-19-36-73)91-68-67(56-87-72(61-24-15-9-16-25-61,62-28-32-64(75-5)33-29-62)63-30-34-65(76-6)35-31-63)90-71(89-66-26-17-10-18-27-66)70(86-53-51-82-45-43-78-39-41-80-47-49-84-55-60-22-13-8-14-23-60)69(68)85-52-50-81-44-42-77-38-40-79-46-48-83-54-59-20-11-7-12-21-59/h7-18,20-35,57-58,67-71H,19,37-56H2,1-6H3/t67-,68-,69+,70-,71-,92?/m1/s1. The van der Waals surface area contributed by atoms with Gasteiger partial charge >= 0.3 is 0 Å². The molecule has 19 nitrogen and oxygen atoms in total. The molecule has 500 valence electrons. The van der Waals surface area contributed by atoms with Crippen LogP contribution in [0.25, 0.3) is 0 Å². The van der Waals surface area contributed by atoms with Crippen molar-refractivity contribution in [2.75, 3.05) is 133 Å². The van der Waals surface area contributed by atoms with Crippen LogP contribution >= 0.6 is 8.53 Å². The van der Waals surface area contributed by atoms with Gasteiger partial charge in [-0.15, -0.1) is 0 Å². The predicted molar refractivity (Wildman–Crippen MR) is 351 cm³/mol. The molecule has 1 saturated heterocycles. The maximum atomic E-state index is 9.81. The van der Waals surface area contributed by atoms with Gasteiger partial charge in [0.25, 0.3) is 8.53 Å². The summed E-state index contributed by atoms with van der Waals surface area (Å²) in [4.78, 5) is 0. The largest absolute Gasteiger partial charge is 0.497 e. The lowest BCUT2D eigenvalue weighted by atomic mass is 9.80. The summed E-state index contributed by atoms with van der Waals surface area (Å²) in [5.41, 5.74) is 3.46. The molecule has 0 bridgehead atoms.